The van der Waals surface area contributed by atoms with Crippen molar-refractivity contribution in [3.8, 4) is 0 Å². The fourth-order valence-corrected chi connectivity index (χ4v) is 4.36. The summed E-state index contributed by atoms with van der Waals surface area (Å²) in [6, 6.07) is 3.58. The highest BCUT2D eigenvalue weighted by Crippen LogP contribution is 2.63. The highest BCUT2D eigenvalue weighted by molar-refractivity contribution is 7.20. The average molecular weight is 297 g/mol. The van der Waals surface area contributed by atoms with Crippen LogP contribution >= 0.6 is 22.9 Å². The lowest BCUT2D eigenvalue weighted by molar-refractivity contribution is -0.162. The first-order chi connectivity index (χ1) is 8.99. The highest BCUT2D eigenvalue weighted by Gasteiger charge is 2.69. The van der Waals surface area contributed by atoms with Crippen molar-refractivity contribution < 1.29 is 9.18 Å². The van der Waals surface area contributed by atoms with Gasteiger partial charge in [-0.3, -0.25) is 4.79 Å². The Bertz CT molecular complexity index is 694. The Balaban J connectivity index is 1.60. The van der Waals surface area contributed by atoms with Gasteiger partial charge in [-0.05, 0) is 12.1 Å². The minimum Gasteiger partial charge on any atom is -0.346 e. The SMILES string of the molecule is O=C(NC12CC(F)(C1)C2)c1cc2c(Cl)nccc2s1. The van der Waals surface area contributed by atoms with E-state index >= 15 is 0 Å². The fraction of sp³-hybridized carbons (Fsp3) is 0.385. The van der Waals surface area contributed by atoms with E-state index in [0.717, 1.165) is 10.1 Å². The van der Waals surface area contributed by atoms with E-state index < -0.39 is 5.67 Å². The van der Waals surface area contributed by atoms with Crippen molar-refractivity contribution in [2.45, 2.75) is 30.5 Å². The number of thiophene rings is 1. The zero-order chi connectivity index (χ0) is 13.3. The zero-order valence-corrected chi connectivity index (χ0v) is 11.4. The standard InChI is InChI=1S/C13H10ClFN2OS/c14-10-7-3-9(19-8(7)1-2-16-10)11(18)17-13-4-12(15,5-13)6-13/h1-3H,4-6H2,(H,17,18). The summed E-state index contributed by atoms with van der Waals surface area (Å²) >= 11 is 7.37. The number of rotatable bonds is 2. The Morgan fingerprint density at radius 2 is 2.21 bits per heavy atom. The number of amides is 1. The summed E-state index contributed by atoms with van der Waals surface area (Å²) in [5.41, 5.74) is -1.29. The first-order valence-corrected chi connectivity index (χ1v) is 7.24. The number of aromatic nitrogens is 1. The van der Waals surface area contributed by atoms with Crippen molar-refractivity contribution in [3.63, 3.8) is 0 Å². The van der Waals surface area contributed by atoms with Crippen LogP contribution in [-0.4, -0.2) is 22.1 Å². The van der Waals surface area contributed by atoms with Gasteiger partial charge < -0.3 is 5.32 Å². The van der Waals surface area contributed by atoms with Crippen LogP contribution in [-0.2, 0) is 0 Å². The molecule has 0 spiro atoms. The number of carbonyl (C=O) groups excluding carboxylic acids is 1. The Kier molecular flexibility index (Phi) is 2.12. The molecule has 3 aliphatic rings. The minimum absolute atomic E-state index is 0.140. The second kappa shape index (κ2) is 3.46. The number of hydrogen-bond acceptors (Lipinski definition) is 3. The van der Waals surface area contributed by atoms with Gasteiger partial charge in [0.2, 0.25) is 0 Å². The van der Waals surface area contributed by atoms with Crippen LogP contribution in [0.2, 0.25) is 5.15 Å². The van der Waals surface area contributed by atoms with Crippen molar-refractivity contribution in [1.82, 2.24) is 10.3 Å². The number of alkyl halides is 1. The van der Waals surface area contributed by atoms with Gasteiger partial charge >= 0.3 is 0 Å². The number of halogens is 2. The number of hydrogen-bond donors (Lipinski definition) is 1. The Labute approximate surface area is 117 Å². The molecule has 3 saturated carbocycles. The van der Waals surface area contributed by atoms with Crippen LogP contribution in [0.3, 0.4) is 0 Å². The third-order valence-electron chi connectivity index (χ3n) is 3.96. The summed E-state index contributed by atoms with van der Waals surface area (Å²) < 4.78 is 14.3. The number of nitrogens with zero attached hydrogens (tertiary/aromatic N) is 1. The molecular formula is C13H10ClFN2OS. The van der Waals surface area contributed by atoms with Crippen LogP contribution in [0.5, 0.6) is 0 Å². The van der Waals surface area contributed by atoms with E-state index in [2.05, 4.69) is 10.3 Å². The van der Waals surface area contributed by atoms with Crippen molar-refractivity contribution in [2.75, 3.05) is 0 Å². The molecule has 2 aromatic heterocycles. The molecule has 6 heteroatoms. The molecule has 2 aromatic rings. The van der Waals surface area contributed by atoms with Crippen LogP contribution in [0, 0.1) is 0 Å². The second-order valence-corrected chi connectivity index (χ2v) is 6.98. The molecule has 0 radical (unpaired) electrons. The summed E-state index contributed by atoms with van der Waals surface area (Å²) in [6.45, 7) is 0. The first-order valence-electron chi connectivity index (χ1n) is 6.04. The molecule has 3 nitrogen and oxygen atoms in total. The third-order valence-corrected chi connectivity index (χ3v) is 5.37. The lowest BCUT2D eigenvalue weighted by Gasteiger charge is -2.65. The summed E-state index contributed by atoms with van der Waals surface area (Å²) in [7, 11) is 0. The van der Waals surface area contributed by atoms with Crippen LogP contribution in [0.25, 0.3) is 10.1 Å². The van der Waals surface area contributed by atoms with E-state index in [1.165, 1.54) is 11.3 Å². The summed E-state index contributed by atoms with van der Waals surface area (Å²) in [5.74, 6) is -0.140. The maximum Gasteiger partial charge on any atom is 0.261 e. The number of fused-ring (bicyclic) bond motifs is 1. The van der Waals surface area contributed by atoms with Crippen molar-refractivity contribution in [1.29, 1.82) is 0 Å². The molecule has 0 saturated heterocycles. The van der Waals surface area contributed by atoms with Crippen molar-refractivity contribution in [3.05, 3.63) is 28.4 Å². The first kappa shape index (κ1) is 11.6. The van der Waals surface area contributed by atoms with E-state index in [-0.39, 0.29) is 11.4 Å². The molecule has 0 unspecified atom stereocenters. The smallest absolute Gasteiger partial charge is 0.261 e. The minimum atomic E-state index is -0.999. The second-order valence-electron chi connectivity index (χ2n) is 5.54. The Morgan fingerprint density at radius 1 is 1.47 bits per heavy atom. The van der Waals surface area contributed by atoms with E-state index in [4.69, 9.17) is 11.6 Å². The number of nitrogens with one attached hydrogen (secondary N) is 1. The topological polar surface area (TPSA) is 42.0 Å². The third kappa shape index (κ3) is 1.61. The van der Waals surface area contributed by atoms with Crippen LogP contribution in [0.4, 0.5) is 4.39 Å². The van der Waals surface area contributed by atoms with Gasteiger partial charge in [-0.25, -0.2) is 9.37 Å². The van der Waals surface area contributed by atoms with E-state index in [9.17, 15) is 9.18 Å². The average Bonchev–Trinajstić information content (AvgIpc) is 2.71. The predicted octanol–water partition coefficient (Wildman–Crippen LogP) is 3.32. The quantitative estimate of drug-likeness (QED) is 0.864. The van der Waals surface area contributed by atoms with Gasteiger partial charge in [-0.2, -0.15) is 0 Å². The number of pyridine rings is 1. The number of carbonyl (C=O) groups is 1. The molecule has 0 aliphatic heterocycles. The molecule has 1 amide bonds. The van der Waals surface area contributed by atoms with Gasteiger partial charge in [-0.15, -0.1) is 11.3 Å². The monoisotopic (exact) mass is 296 g/mol. The molecule has 2 heterocycles. The van der Waals surface area contributed by atoms with Gasteiger partial charge in [0.05, 0.1) is 4.88 Å². The van der Waals surface area contributed by atoms with Gasteiger partial charge in [-0.1, -0.05) is 11.6 Å². The largest absolute Gasteiger partial charge is 0.346 e. The molecular weight excluding hydrogens is 287 g/mol. The maximum atomic E-state index is 13.4. The van der Waals surface area contributed by atoms with Gasteiger partial charge in [0.25, 0.3) is 5.91 Å². The van der Waals surface area contributed by atoms with Gasteiger partial charge in [0, 0.05) is 41.1 Å². The fourth-order valence-electron chi connectivity index (χ4n) is 3.14. The molecule has 1 N–H and O–H groups in total. The molecule has 0 atom stereocenters. The molecule has 2 bridgehead atoms. The van der Waals surface area contributed by atoms with E-state index in [1.54, 1.807) is 12.3 Å². The Morgan fingerprint density at radius 3 is 2.84 bits per heavy atom. The molecule has 98 valence electrons. The van der Waals surface area contributed by atoms with Crippen molar-refractivity contribution in [2.24, 2.45) is 0 Å². The normalized spacial score (nSPS) is 31.7. The van der Waals surface area contributed by atoms with Gasteiger partial charge in [0.1, 0.15) is 10.8 Å². The van der Waals surface area contributed by atoms with Crippen LogP contribution < -0.4 is 5.32 Å². The lowest BCUT2D eigenvalue weighted by atomic mass is 9.47. The summed E-state index contributed by atoms with van der Waals surface area (Å²) in [4.78, 5) is 16.8. The molecule has 19 heavy (non-hydrogen) atoms. The Hall–Kier alpha value is -1.20. The zero-order valence-electron chi connectivity index (χ0n) is 9.87. The molecule has 0 aromatic carbocycles. The van der Waals surface area contributed by atoms with Crippen LogP contribution in [0.15, 0.2) is 18.3 Å². The van der Waals surface area contributed by atoms with E-state index in [1.807, 2.05) is 6.07 Å². The van der Waals surface area contributed by atoms with Crippen LogP contribution in [0.1, 0.15) is 28.9 Å². The summed E-state index contributed by atoms with van der Waals surface area (Å²) in [5, 5.41) is 4.14. The molecule has 3 fully saturated rings. The molecule has 3 aliphatic carbocycles. The summed E-state index contributed by atoms with van der Waals surface area (Å²) in [6.07, 6.45) is 2.99. The van der Waals surface area contributed by atoms with E-state index in [0.29, 0.717) is 29.3 Å². The lowest BCUT2D eigenvalue weighted by Crippen LogP contribution is -2.76. The van der Waals surface area contributed by atoms with Gasteiger partial charge in [0.15, 0.2) is 0 Å². The van der Waals surface area contributed by atoms with Crippen molar-refractivity contribution >= 4 is 38.9 Å². The highest BCUT2D eigenvalue weighted by atomic mass is 35.5. The molecule has 5 rings (SSSR count). The predicted molar refractivity (Wildman–Crippen MR) is 72.5 cm³/mol. The maximum absolute atomic E-state index is 13.4.